The van der Waals surface area contributed by atoms with E-state index in [9.17, 15) is 8.42 Å². The van der Waals surface area contributed by atoms with E-state index in [1.807, 2.05) is 25.3 Å². The Bertz CT molecular complexity index is 503. The van der Waals surface area contributed by atoms with Crippen molar-refractivity contribution in [1.82, 2.24) is 4.98 Å². The van der Waals surface area contributed by atoms with Crippen molar-refractivity contribution in [2.24, 2.45) is 0 Å². The van der Waals surface area contributed by atoms with E-state index in [-0.39, 0.29) is 4.90 Å². The molecule has 0 aliphatic carbocycles. The Morgan fingerprint density at radius 2 is 1.69 bits per heavy atom. The van der Waals surface area contributed by atoms with Crippen LogP contribution in [-0.4, -0.2) is 18.0 Å². The number of benzene rings is 1. The smallest absolute Gasteiger partial charge is 0.294 e. The number of rotatable bonds is 1. The molecule has 2 aromatic rings. The quantitative estimate of drug-likeness (QED) is 0.750. The third kappa shape index (κ3) is 4.29. The van der Waals surface area contributed by atoms with Gasteiger partial charge in [0.2, 0.25) is 0 Å². The lowest BCUT2D eigenvalue weighted by atomic mass is 10.4. The molecule has 0 amide bonds. The van der Waals surface area contributed by atoms with Crippen molar-refractivity contribution < 1.29 is 13.0 Å². The number of nitrogens with one attached hydrogen (secondary N) is 1. The predicted octanol–water partition coefficient (Wildman–Crippen LogP) is 2.26. The van der Waals surface area contributed by atoms with Crippen molar-refractivity contribution >= 4 is 10.1 Å². The molecular formula is C11H13NO3S. The average Bonchev–Trinajstić information content (AvgIpc) is 2.70. The highest BCUT2D eigenvalue weighted by atomic mass is 32.2. The fourth-order valence-corrected chi connectivity index (χ4v) is 1.51. The first-order valence-corrected chi connectivity index (χ1v) is 6.06. The van der Waals surface area contributed by atoms with Crippen molar-refractivity contribution in [3.8, 4) is 0 Å². The maximum absolute atomic E-state index is 10.4. The van der Waals surface area contributed by atoms with E-state index in [1.165, 1.54) is 17.8 Å². The lowest BCUT2D eigenvalue weighted by Gasteiger charge is -1.92. The summed E-state index contributed by atoms with van der Waals surface area (Å²) < 4.78 is 29.2. The Balaban J connectivity index is 0.000000181. The van der Waals surface area contributed by atoms with E-state index in [4.69, 9.17) is 4.55 Å². The van der Waals surface area contributed by atoms with Crippen molar-refractivity contribution in [1.29, 1.82) is 0 Å². The first kappa shape index (κ1) is 12.5. The molecular weight excluding hydrogens is 226 g/mol. The molecule has 2 rings (SSSR count). The molecule has 0 saturated heterocycles. The molecule has 0 radical (unpaired) electrons. The second kappa shape index (κ2) is 5.48. The number of aryl methyl sites for hydroxylation is 1. The van der Waals surface area contributed by atoms with Gasteiger partial charge in [-0.1, -0.05) is 18.2 Å². The summed E-state index contributed by atoms with van der Waals surface area (Å²) in [6.07, 6.45) is 1.91. The van der Waals surface area contributed by atoms with E-state index >= 15 is 0 Å². The Hall–Kier alpha value is -1.59. The van der Waals surface area contributed by atoms with E-state index in [2.05, 4.69) is 4.98 Å². The lowest BCUT2D eigenvalue weighted by Crippen LogP contribution is -1.96. The van der Waals surface area contributed by atoms with Crippen LogP contribution in [0, 0.1) is 6.92 Å². The van der Waals surface area contributed by atoms with Crippen LogP contribution in [-0.2, 0) is 10.1 Å². The minimum Gasteiger partial charge on any atom is -0.365 e. The van der Waals surface area contributed by atoms with Crippen LogP contribution in [0.2, 0.25) is 0 Å². The third-order valence-electron chi connectivity index (χ3n) is 1.79. The largest absolute Gasteiger partial charge is 0.365 e. The van der Waals surface area contributed by atoms with Crippen molar-refractivity contribution in [3.63, 3.8) is 0 Å². The van der Waals surface area contributed by atoms with Crippen molar-refractivity contribution in [2.45, 2.75) is 11.8 Å². The van der Waals surface area contributed by atoms with Crippen LogP contribution >= 0.6 is 0 Å². The molecule has 0 aliphatic rings. The molecule has 86 valence electrons. The van der Waals surface area contributed by atoms with Gasteiger partial charge in [0.1, 0.15) is 0 Å². The molecule has 5 heteroatoms. The summed E-state index contributed by atoms with van der Waals surface area (Å²) in [7, 11) is -4.00. The molecule has 4 nitrogen and oxygen atoms in total. The molecule has 0 fully saturated rings. The summed E-state index contributed by atoms with van der Waals surface area (Å²) >= 11 is 0. The molecule has 0 saturated carbocycles. The lowest BCUT2D eigenvalue weighted by molar-refractivity contribution is 0.483. The van der Waals surface area contributed by atoms with E-state index < -0.39 is 10.1 Å². The van der Waals surface area contributed by atoms with E-state index in [1.54, 1.807) is 18.2 Å². The van der Waals surface area contributed by atoms with Crippen LogP contribution in [0.3, 0.4) is 0 Å². The normalized spacial score (nSPS) is 10.4. The average molecular weight is 239 g/mol. The van der Waals surface area contributed by atoms with E-state index in [0.717, 1.165) is 0 Å². The minimum absolute atomic E-state index is 0.0741. The summed E-state index contributed by atoms with van der Waals surface area (Å²) in [6.45, 7) is 2.03. The molecule has 1 aromatic heterocycles. The standard InChI is InChI=1S/C6H6O3S.C5H7N/c7-10(8,9)6-4-2-1-3-5-6;1-5-3-2-4-6-5/h1-5H,(H,7,8,9);2-4,6H,1H3. The van der Waals surface area contributed by atoms with Crippen LogP contribution in [0.4, 0.5) is 0 Å². The maximum atomic E-state index is 10.4. The van der Waals surface area contributed by atoms with Gasteiger partial charge in [0.15, 0.2) is 0 Å². The molecule has 0 unspecified atom stereocenters. The van der Waals surface area contributed by atoms with Crippen molar-refractivity contribution in [3.05, 3.63) is 54.4 Å². The van der Waals surface area contributed by atoms with Gasteiger partial charge in [-0.15, -0.1) is 0 Å². The van der Waals surface area contributed by atoms with Gasteiger partial charge in [-0.3, -0.25) is 4.55 Å². The minimum atomic E-state index is -4.00. The number of H-pyrrole nitrogens is 1. The summed E-state index contributed by atoms with van der Waals surface area (Å²) in [4.78, 5) is 2.93. The monoisotopic (exact) mass is 239 g/mol. The first-order chi connectivity index (χ1) is 7.50. The van der Waals surface area contributed by atoms with E-state index in [0.29, 0.717) is 0 Å². The third-order valence-corrected chi connectivity index (χ3v) is 2.66. The topological polar surface area (TPSA) is 70.2 Å². The summed E-state index contributed by atoms with van der Waals surface area (Å²) in [5.74, 6) is 0. The molecule has 2 N–H and O–H groups in total. The van der Waals surface area contributed by atoms with Crippen LogP contribution in [0.15, 0.2) is 53.6 Å². The number of hydrogen-bond donors (Lipinski definition) is 2. The zero-order valence-electron chi connectivity index (χ0n) is 8.79. The van der Waals surface area contributed by atoms with Gasteiger partial charge in [0, 0.05) is 11.9 Å². The Morgan fingerprint density at radius 3 is 1.94 bits per heavy atom. The molecule has 16 heavy (non-hydrogen) atoms. The Labute approximate surface area is 94.7 Å². The highest BCUT2D eigenvalue weighted by Gasteiger charge is 2.05. The van der Waals surface area contributed by atoms with Gasteiger partial charge < -0.3 is 4.98 Å². The van der Waals surface area contributed by atoms with Gasteiger partial charge >= 0.3 is 0 Å². The maximum Gasteiger partial charge on any atom is 0.294 e. The molecule has 0 spiro atoms. The van der Waals surface area contributed by atoms with Crippen LogP contribution < -0.4 is 0 Å². The molecule has 0 atom stereocenters. The van der Waals surface area contributed by atoms with Crippen LogP contribution in [0.25, 0.3) is 0 Å². The van der Waals surface area contributed by atoms with Gasteiger partial charge in [-0.25, -0.2) is 0 Å². The van der Waals surface area contributed by atoms with Crippen LogP contribution in [0.5, 0.6) is 0 Å². The van der Waals surface area contributed by atoms with Gasteiger partial charge in [0.25, 0.3) is 10.1 Å². The Morgan fingerprint density at radius 1 is 1.06 bits per heavy atom. The first-order valence-electron chi connectivity index (χ1n) is 4.62. The number of aromatic nitrogens is 1. The van der Waals surface area contributed by atoms with Gasteiger partial charge in [-0.05, 0) is 31.2 Å². The SMILES string of the molecule is Cc1ccc[nH]1.O=S(=O)(O)c1ccccc1. The fraction of sp³-hybridized carbons (Fsp3) is 0.0909. The number of hydrogen-bond acceptors (Lipinski definition) is 2. The zero-order valence-corrected chi connectivity index (χ0v) is 9.61. The van der Waals surface area contributed by atoms with Gasteiger partial charge in [-0.2, -0.15) is 8.42 Å². The second-order valence-corrected chi connectivity index (χ2v) is 4.56. The van der Waals surface area contributed by atoms with Crippen LogP contribution in [0.1, 0.15) is 5.69 Å². The molecule has 0 aliphatic heterocycles. The Kier molecular flexibility index (Phi) is 4.28. The second-order valence-electron chi connectivity index (χ2n) is 3.14. The zero-order chi connectivity index (χ0) is 12.0. The molecule has 0 bridgehead atoms. The summed E-state index contributed by atoms with van der Waals surface area (Å²) in [6, 6.07) is 11.4. The van der Waals surface area contributed by atoms with Crippen molar-refractivity contribution in [2.75, 3.05) is 0 Å². The highest BCUT2D eigenvalue weighted by molar-refractivity contribution is 7.85. The summed E-state index contributed by atoms with van der Waals surface area (Å²) in [5, 5.41) is 0. The molecule has 1 aromatic carbocycles. The highest BCUT2D eigenvalue weighted by Crippen LogP contribution is 2.05. The fourth-order valence-electron chi connectivity index (χ4n) is 1.01. The number of aromatic amines is 1. The predicted molar refractivity (Wildman–Crippen MR) is 61.8 cm³/mol. The molecule has 1 heterocycles. The van der Waals surface area contributed by atoms with Gasteiger partial charge in [0.05, 0.1) is 4.90 Å². The summed E-state index contributed by atoms with van der Waals surface area (Å²) in [5.41, 5.74) is 1.22.